The van der Waals surface area contributed by atoms with Crippen molar-refractivity contribution in [3.8, 4) is 0 Å². The van der Waals surface area contributed by atoms with E-state index in [1.54, 1.807) is 0 Å². The van der Waals surface area contributed by atoms with Crippen molar-refractivity contribution in [3.63, 3.8) is 0 Å². The molecule has 1 heterocycles. The molecular weight excluding hydrogens is 218 g/mol. The molecule has 0 saturated carbocycles. The van der Waals surface area contributed by atoms with Crippen LogP contribution in [0.3, 0.4) is 0 Å². The highest BCUT2D eigenvalue weighted by Crippen LogP contribution is 2.10. The summed E-state index contributed by atoms with van der Waals surface area (Å²) in [4.78, 5) is 17.0. The van der Waals surface area contributed by atoms with E-state index >= 15 is 0 Å². The lowest BCUT2D eigenvalue weighted by molar-refractivity contribution is -0.118. The standard InChI is InChI=1S/C11H21N5O/c1-8(5-10(12)17)13-6-9-7-14-11(15(2)3)16(9)4/h7-8,13H,5-6H2,1-4H3,(H2,12,17). The lowest BCUT2D eigenvalue weighted by Crippen LogP contribution is -2.31. The minimum absolute atomic E-state index is 0.0743. The number of rotatable bonds is 6. The van der Waals surface area contributed by atoms with Gasteiger partial charge in [-0.15, -0.1) is 0 Å². The molecule has 17 heavy (non-hydrogen) atoms. The molecule has 0 radical (unpaired) electrons. The van der Waals surface area contributed by atoms with Crippen molar-refractivity contribution in [2.24, 2.45) is 12.8 Å². The van der Waals surface area contributed by atoms with Crippen molar-refractivity contribution in [1.82, 2.24) is 14.9 Å². The second kappa shape index (κ2) is 5.67. The number of anilines is 1. The van der Waals surface area contributed by atoms with Gasteiger partial charge in [-0.25, -0.2) is 4.98 Å². The molecule has 0 fully saturated rings. The van der Waals surface area contributed by atoms with Gasteiger partial charge in [-0.2, -0.15) is 0 Å². The zero-order valence-corrected chi connectivity index (χ0v) is 10.9. The summed E-state index contributed by atoms with van der Waals surface area (Å²) in [6, 6.07) is 0.0743. The fraction of sp³-hybridized carbons (Fsp3) is 0.636. The van der Waals surface area contributed by atoms with Gasteiger partial charge in [0.2, 0.25) is 11.9 Å². The molecule has 0 saturated heterocycles. The number of primary amides is 1. The van der Waals surface area contributed by atoms with Crippen molar-refractivity contribution in [2.75, 3.05) is 19.0 Å². The van der Waals surface area contributed by atoms with Crippen LogP contribution in [0.25, 0.3) is 0 Å². The third kappa shape index (κ3) is 3.74. The Labute approximate surface area is 102 Å². The van der Waals surface area contributed by atoms with E-state index in [2.05, 4.69) is 10.3 Å². The Morgan fingerprint density at radius 2 is 2.29 bits per heavy atom. The van der Waals surface area contributed by atoms with Crippen LogP contribution in [0.5, 0.6) is 0 Å². The summed E-state index contributed by atoms with van der Waals surface area (Å²) >= 11 is 0. The molecule has 6 heteroatoms. The summed E-state index contributed by atoms with van der Waals surface area (Å²) in [5, 5.41) is 3.24. The molecule has 0 aliphatic heterocycles. The molecule has 1 aromatic heterocycles. The third-order valence-corrected chi connectivity index (χ3v) is 2.60. The molecule has 0 aliphatic rings. The number of amides is 1. The Balaban J connectivity index is 2.55. The molecule has 0 spiro atoms. The number of aromatic nitrogens is 2. The van der Waals surface area contributed by atoms with Gasteiger partial charge in [0.25, 0.3) is 0 Å². The SMILES string of the molecule is CC(CC(N)=O)NCc1cnc(N(C)C)n1C. The van der Waals surface area contributed by atoms with E-state index in [1.807, 2.05) is 43.7 Å². The second-order valence-electron chi connectivity index (χ2n) is 4.46. The van der Waals surface area contributed by atoms with Crippen LogP contribution < -0.4 is 16.0 Å². The topological polar surface area (TPSA) is 76.2 Å². The fourth-order valence-corrected chi connectivity index (χ4v) is 1.67. The summed E-state index contributed by atoms with van der Waals surface area (Å²) in [6.45, 7) is 2.61. The monoisotopic (exact) mass is 239 g/mol. The van der Waals surface area contributed by atoms with Gasteiger partial charge in [0.05, 0.1) is 11.9 Å². The number of nitrogens with zero attached hydrogens (tertiary/aromatic N) is 3. The van der Waals surface area contributed by atoms with Gasteiger partial charge in [0.15, 0.2) is 0 Å². The summed E-state index contributed by atoms with van der Waals surface area (Å²) in [6.07, 6.45) is 2.18. The molecule has 1 amide bonds. The lowest BCUT2D eigenvalue weighted by Gasteiger charge is -2.14. The van der Waals surface area contributed by atoms with E-state index in [9.17, 15) is 4.79 Å². The van der Waals surface area contributed by atoms with Crippen LogP contribution in [0.4, 0.5) is 5.95 Å². The van der Waals surface area contributed by atoms with Gasteiger partial charge >= 0.3 is 0 Å². The number of carbonyl (C=O) groups excluding carboxylic acids is 1. The van der Waals surface area contributed by atoms with Crippen LogP contribution in [0.1, 0.15) is 19.0 Å². The number of hydrogen-bond acceptors (Lipinski definition) is 4. The second-order valence-corrected chi connectivity index (χ2v) is 4.46. The Bertz CT molecular complexity index is 385. The molecule has 96 valence electrons. The summed E-state index contributed by atoms with van der Waals surface area (Å²) in [5.74, 6) is 0.619. The van der Waals surface area contributed by atoms with E-state index in [0.717, 1.165) is 11.6 Å². The zero-order valence-electron chi connectivity index (χ0n) is 10.9. The maximum Gasteiger partial charge on any atom is 0.218 e. The quantitative estimate of drug-likeness (QED) is 0.723. The first-order chi connectivity index (χ1) is 7.91. The van der Waals surface area contributed by atoms with Crippen LogP contribution in [0, 0.1) is 0 Å². The Morgan fingerprint density at radius 3 is 2.76 bits per heavy atom. The highest BCUT2D eigenvalue weighted by Gasteiger charge is 2.10. The zero-order chi connectivity index (χ0) is 13.0. The van der Waals surface area contributed by atoms with E-state index in [4.69, 9.17) is 5.73 Å². The predicted octanol–water partition coefficient (Wildman–Crippen LogP) is -0.160. The van der Waals surface area contributed by atoms with E-state index in [1.165, 1.54) is 0 Å². The van der Waals surface area contributed by atoms with Crippen molar-refractivity contribution >= 4 is 11.9 Å². The van der Waals surface area contributed by atoms with E-state index in [0.29, 0.717) is 13.0 Å². The first kappa shape index (κ1) is 13.5. The predicted molar refractivity (Wildman–Crippen MR) is 67.6 cm³/mol. The van der Waals surface area contributed by atoms with Gasteiger partial charge in [-0.05, 0) is 6.92 Å². The number of imidazole rings is 1. The van der Waals surface area contributed by atoms with Crippen LogP contribution in [0.15, 0.2) is 6.20 Å². The van der Waals surface area contributed by atoms with Crippen LogP contribution in [-0.4, -0.2) is 35.6 Å². The molecule has 0 bridgehead atoms. The van der Waals surface area contributed by atoms with Crippen LogP contribution >= 0.6 is 0 Å². The molecule has 1 unspecified atom stereocenters. The summed E-state index contributed by atoms with van der Waals surface area (Å²) in [5.41, 5.74) is 6.21. The van der Waals surface area contributed by atoms with Gasteiger partial charge in [0, 0.05) is 40.2 Å². The maximum atomic E-state index is 10.7. The average Bonchev–Trinajstić information content (AvgIpc) is 2.55. The van der Waals surface area contributed by atoms with Crippen molar-refractivity contribution in [2.45, 2.75) is 25.9 Å². The molecule has 0 aromatic carbocycles. The molecule has 1 atom stereocenters. The Hall–Kier alpha value is -1.56. The fourth-order valence-electron chi connectivity index (χ4n) is 1.67. The highest BCUT2D eigenvalue weighted by molar-refractivity contribution is 5.74. The van der Waals surface area contributed by atoms with Gasteiger partial charge in [0.1, 0.15) is 0 Å². The van der Waals surface area contributed by atoms with Gasteiger partial charge in [-0.1, -0.05) is 0 Å². The Morgan fingerprint density at radius 1 is 1.65 bits per heavy atom. The molecule has 1 rings (SSSR count). The van der Waals surface area contributed by atoms with Gasteiger partial charge < -0.3 is 20.5 Å². The normalized spacial score (nSPS) is 12.5. The van der Waals surface area contributed by atoms with Crippen molar-refractivity contribution in [3.05, 3.63) is 11.9 Å². The number of hydrogen-bond donors (Lipinski definition) is 2. The van der Waals surface area contributed by atoms with Gasteiger partial charge in [-0.3, -0.25) is 4.79 Å². The van der Waals surface area contributed by atoms with Crippen molar-refractivity contribution in [1.29, 1.82) is 0 Å². The largest absolute Gasteiger partial charge is 0.370 e. The first-order valence-corrected chi connectivity index (χ1v) is 5.61. The molecule has 3 N–H and O–H groups in total. The number of nitrogens with one attached hydrogen (secondary N) is 1. The Kier molecular flexibility index (Phi) is 4.51. The van der Waals surface area contributed by atoms with Crippen molar-refractivity contribution < 1.29 is 4.79 Å². The van der Waals surface area contributed by atoms with Crippen LogP contribution in [0.2, 0.25) is 0 Å². The molecule has 0 aliphatic carbocycles. The smallest absolute Gasteiger partial charge is 0.218 e. The third-order valence-electron chi connectivity index (χ3n) is 2.60. The lowest BCUT2D eigenvalue weighted by atomic mass is 10.2. The maximum absolute atomic E-state index is 10.7. The average molecular weight is 239 g/mol. The van der Waals surface area contributed by atoms with E-state index in [-0.39, 0.29) is 11.9 Å². The molecule has 6 nitrogen and oxygen atoms in total. The first-order valence-electron chi connectivity index (χ1n) is 5.61. The summed E-state index contributed by atoms with van der Waals surface area (Å²) < 4.78 is 2.02. The minimum Gasteiger partial charge on any atom is -0.370 e. The van der Waals surface area contributed by atoms with Crippen LogP contribution in [-0.2, 0) is 18.4 Å². The summed E-state index contributed by atoms with van der Waals surface area (Å²) in [7, 11) is 5.88. The minimum atomic E-state index is -0.288. The molecular formula is C11H21N5O. The number of nitrogens with two attached hydrogens (primary N) is 1. The van der Waals surface area contributed by atoms with E-state index < -0.39 is 0 Å². The highest BCUT2D eigenvalue weighted by atomic mass is 16.1. The molecule has 1 aromatic rings. The number of carbonyl (C=O) groups is 1.